The molecule has 156 valence electrons. The molecule has 1 amide bonds. The summed E-state index contributed by atoms with van der Waals surface area (Å²) in [6.45, 7) is 2.03. The van der Waals surface area contributed by atoms with Crippen LogP contribution in [0.2, 0.25) is 0 Å². The molecule has 0 saturated carbocycles. The maximum atomic E-state index is 13.0. The van der Waals surface area contributed by atoms with E-state index in [-0.39, 0.29) is 36.3 Å². The molecule has 0 bridgehead atoms. The van der Waals surface area contributed by atoms with Crippen LogP contribution < -0.4 is 10.9 Å². The summed E-state index contributed by atoms with van der Waals surface area (Å²) in [7, 11) is 0. The Morgan fingerprint density at radius 1 is 1.10 bits per heavy atom. The SMILES string of the molecule is Cc1cccc(-c2noc(-c3ccc(=O)n(CC(=O)NCc4ccc(F)cc4)c3)n2)c1. The zero-order valence-corrected chi connectivity index (χ0v) is 16.7. The summed E-state index contributed by atoms with van der Waals surface area (Å²) in [6, 6.07) is 16.5. The van der Waals surface area contributed by atoms with Crippen molar-refractivity contribution >= 4 is 5.91 Å². The quantitative estimate of drug-likeness (QED) is 0.519. The van der Waals surface area contributed by atoms with E-state index >= 15 is 0 Å². The molecule has 0 aliphatic rings. The first-order chi connectivity index (χ1) is 15.0. The standard InChI is InChI=1S/C23H19FN4O3/c1-15-3-2-4-17(11-15)22-26-23(31-27-22)18-7-10-21(30)28(13-18)14-20(29)25-12-16-5-8-19(24)9-6-16/h2-11,13H,12,14H2,1H3,(H,25,29). The lowest BCUT2D eigenvalue weighted by Gasteiger charge is -2.08. The van der Waals surface area contributed by atoms with Gasteiger partial charge in [0.15, 0.2) is 0 Å². The summed E-state index contributed by atoms with van der Waals surface area (Å²) in [5.41, 5.74) is 2.84. The van der Waals surface area contributed by atoms with E-state index in [1.54, 1.807) is 18.2 Å². The van der Waals surface area contributed by atoms with Crippen LogP contribution in [-0.4, -0.2) is 20.6 Å². The highest BCUT2D eigenvalue weighted by molar-refractivity contribution is 5.75. The lowest BCUT2D eigenvalue weighted by atomic mass is 10.1. The van der Waals surface area contributed by atoms with Crippen molar-refractivity contribution in [2.75, 3.05) is 0 Å². The van der Waals surface area contributed by atoms with Gasteiger partial charge in [-0.05, 0) is 36.8 Å². The highest BCUT2D eigenvalue weighted by atomic mass is 19.1. The Hall–Kier alpha value is -4.07. The van der Waals surface area contributed by atoms with Gasteiger partial charge in [0, 0.05) is 24.4 Å². The van der Waals surface area contributed by atoms with Gasteiger partial charge in [-0.3, -0.25) is 9.59 Å². The molecule has 0 atom stereocenters. The summed E-state index contributed by atoms with van der Waals surface area (Å²) in [5.74, 6) is -0.00922. The summed E-state index contributed by atoms with van der Waals surface area (Å²) in [4.78, 5) is 28.9. The van der Waals surface area contributed by atoms with Crippen LogP contribution in [0.5, 0.6) is 0 Å². The van der Waals surface area contributed by atoms with E-state index in [0.717, 1.165) is 16.7 Å². The second kappa shape index (κ2) is 8.74. The molecule has 0 aliphatic heterocycles. The Labute approximate surface area is 177 Å². The molecule has 0 saturated heterocycles. The Morgan fingerprint density at radius 3 is 2.68 bits per heavy atom. The van der Waals surface area contributed by atoms with Crippen LogP contribution in [0.15, 0.2) is 76.2 Å². The van der Waals surface area contributed by atoms with Crippen molar-refractivity contribution in [3.05, 3.63) is 94.2 Å². The molecule has 0 radical (unpaired) electrons. The smallest absolute Gasteiger partial charge is 0.259 e. The van der Waals surface area contributed by atoms with Crippen molar-refractivity contribution in [3.8, 4) is 22.8 Å². The van der Waals surface area contributed by atoms with Gasteiger partial charge >= 0.3 is 0 Å². The van der Waals surface area contributed by atoms with Crippen LogP contribution in [0.3, 0.4) is 0 Å². The number of halogens is 1. The minimum Gasteiger partial charge on any atom is -0.350 e. The monoisotopic (exact) mass is 418 g/mol. The lowest BCUT2D eigenvalue weighted by Crippen LogP contribution is -2.31. The average Bonchev–Trinajstić information content (AvgIpc) is 3.25. The number of nitrogens with zero attached hydrogens (tertiary/aromatic N) is 3. The average molecular weight is 418 g/mol. The first kappa shape index (κ1) is 20.2. The first-order valence-corrected chi connectivity index (χ1v) is 9.61. The molecule has 1 N–H and O–H groups in total. The summed E-state index contributed by atoms with van der Waals surface area (Å²) in [6.07, 6.45) is 1.51. The number of carbonyl (C=O) groups excluding carboxylic acids is 1. The van der Waals surface area contributed by atoms with E-state index in [4.69, 9.17) is 4.52 Å². The Bertz CT molecular complexity index is 1280. The molecule has 0 aliphatic carbocycles. The topological polar surface area (TPSA) is 90.0 Å². The van der Waals surface area contributed by atoms with Crippen LogP contribution >= 0.6 is 0 Å². The van der Waals surface area contributed by atoms with Gasteiger partial charge in [-0.1, -0.05) is 41.1 Å². The number of aromatic nitrogens is 3. The molecule has 2 aromatic heterocycles. The molecule has 2 heterocycles. The van der Waals surface area contributed by atoms with E-state index in [0.29, 0.717) is 11.4 Å². The maximum Gasteiger partial charge on any atom is 0.259 e. The number of hydrogen-bond acceptors (Lipinski definition) is 5. The molecular weight excluding hydrogens is 399 g/mol. The Balaban J connectivity index is 1.48. The molecule has 4 aromatic rings. The van der Waals surface area contributed by atoms with Crippen LogP contribution in [0, 0.1) is 12.7 Å². The number of benzene rings is 2. The zero-order valence-electron chi connectivity index (χ0n) is 16.7. The molecule has 0 spiro atoms. The largest absolute Gasteiger partial charge is 0.350 e. The fourth-order valence-corrected chi connectivity index (χ4v) is 3.04. The zero-order chi connectivity index (χ0) is 21.8. The Kier molecular flexibility index (Phi) is 5.70. The fraction of sp³-hybridized carbons (Fsp3) is 0.130. The number of rotatable bonds is 6. The molecule has 4 rings (SSSR count). The van der Waals surface area contributed by atoms with Crippen molar-refractivity contribution in [1.29, 1.82) is 0 Å². The van der Waals surface area contributed by atoms with Crippen molar-refractivity contribution in [2.45, 2.75) is 20.0 Å². The van der Waals surface area contributed by atoms with E-state index in [1.807, 2.05) is 31.2 Å². The number of carbonyl (C=O) groups is 1. The number of amides is 1. The molecule has 31 heavy (non-hydrogen) atoms. The van der Waals surface area contributed by atoms with Crippen molar-refractivity contribution < 1.29 is 13.7 Å². The second-order valence-corrected chi connectivity index (χ2v) is 7.08. The van der Waals surface area contributed by atoms with Gasteiger partial charge in [-0.25, -0.2) is 4.39 Å². The predicted molar refractivity (Wildman–Crippen MR) is 112 cm³/mol. The normalized spacial score (nSPS) is 10.8. The highest BCUT2D eigenvalue weighted by Crippen LogP contribution is 2.22. The van der Waals surface area contributed by atoms with E-state index in [9.17, 15) is 14.0 Å². The maximum absolute atomic E-state index is 13.0. The molecule has 2 aromatic carbocycles. The van der Waals surface area contributed by atoms with Gasteiger partial charge in [-0.2, -0.15) is 4.98 Å². The van der Waals surface area contributed by atoms with Crippen molar-refractivity contribution in [3.63, 3.8) is 0 Å². The van der Waals surface area contributed by atoms with E-state index in [2.05, 4.69) is 15.5 Å². The number of nitrogens with one attached hydrogen (secondary N) is 1. The number of pyridine rings is 1. The molecule has 7 nitrogen and oxygen atoms in total. The summed E-state index contributed by atoms with van der Waals surface area (Å²) < 4.78 is 19.6. The fourth-order valence-electron chi connectivity index (χ4n) is 3.04. The van der Waals surface area contributed by atoms with Crippen LogP contribution in [0.25, 0.3) is 22.8 Å². The summed E-state index contributed by atoms with van der Waals surface area (Å²) >= 11 is 0. The predicted octanol–water partition coefficient (Wildman–Crippen LogP) is 3.33. The molecule has 0 fully saturated rings. The van der Waals surface area contributed by atoms with E-state index < -0.39 is 0 Å². The van der Waals surface area contributed by atoms with Crippen molar-refractivity contribution in [1.82, 2.24) is 20.0 Å². The highest BCUT2D eigenvalue weighted by Gasteiger charge is 2.13. The molecule has 8 heteroatoms. The lowest BCUT2D eigenvalue weighted by molar-refractivity contribution is -0.121. The number of hydrogen-bond donors (Lipinski definition) is 1. The van der Waals surface area contributed by atoms with Gasteiger partial charge < -0.3 is 14.4 Å². The van der Waals surface area contributed by atoms with Crippen LogP contribution in [-0.2, 0) is 17.9 Å². The van der Waals surface area contributed by atoms with Crippen LogP contribution in [0.4, 0.5) is 4.39 Å². The van der Waals surface area contributed by atoms with Gasteiger partial charge in [0.05, 0.1) is 5.56 Å². The van der Waals surface area contributed by atoms with Gasteiger partial charge in [0.1, 0.15) is 12.4 Å². The Morgan fingerprint density at radius 2 is 1.90 bits per heavy atom. The van der Waals surface area contributed by atoms with Crippen LogP contribution in [0.1, 0.15) is 11.1 Å². The second-order valence-electron chi connectivity index (χ2n) is 7.08. The van der Waals surface area contributed by atoms with Gasteiger partial charge in [-0.15, -0.1) is 0 Å². The van der Waals surface area contributed by atoms with Gasteiger partial charge in [0.25, 0.3) is 11.4 Å². The van der Waals surface area contributed by atoms with E-state index in [1.165, 1.54) is 29.0 Å². The molecule has 0 unspecified atom stereocenters. The number of aryl methyl sites for hydroxylation is 1. The minimum atomic E-state index is -0.352. The molecular formula is C23H19FN4O3. The minimum absolute atomic E-state index is 0.174. The summed E-state index contributed by atoms with van der Waals surface area (Å²) in [5, 5.41) is 6.72. The van der Waals surface area contributed by atoms with Crippen molar-refractivity contribution in [2.24, 2.45) is 0 Å². The third-order valence-electron chi connectivity index (χ3n) is 4.65. The third-order valence-corrected chi connectivity index (χ3v) is 4.65. The van der Waals surface area contributed by atoms with Gasteiger partial charge in [0.2, 0.25) is 11.7 Å². The first-order valence-electron chi connectivity index (χ1n) is 9.61. The third kappa shape index (κ3) is 4.92.